The first kappa shape index (κ1) is 12.9. The molecule has 0 radical (unpaired) electrons. The van der Waals surface area contributed by atoms with E-state index in [9.17, 15) is 0 Å². The Morgan fingerprint density at radius 1 is 1.37 bits per heavy atom. The highest BCUT2D eigenvalue weighted by atomic mass is 16.5. The Bertz CT molecular complexity index is 430. The van der Waals surface area contributed by atoms with E-state index in [1.54, 1.807) is 0 Å². The van der Waals surface area contributed by atoms with Crippen molar-refractivity contribution in [1.29, 1.82) is 0 Å². The van der Waals surface area contributed by atoms with Crippen molar-refractivity contribution < 1.29 is 9.47 Å². The molecule has 19 heavy (non-hydrogen) atoms. The largest absolute Gasteiger partial charge is 0.493 e. The van der Waals surface area contributed by atoms with Crippen molar-refractivity contribution in [3.63, 3.8) is 0 Å². The zero-order chi connectivity index (χ0) is 13.1. The first-order chi connectivity index (χ1) is 9.33. The third-order valence-electron chi connectivity index (χ3n) is 3.88. The number of nitrogens with two attached hydrogens (primary N) is 1. The van der Waals surface area contributed by atoms with E-state index in [2.05, 4.69) is 23.5 Å². The predicted molar refractivity (Wildman–Crippen MR) is 74.4 cm³/mol. The zero-order valence-electron chi connectivity index (χ0n) is 11.2. The highest BCUT2D eigenvalue weighted by Crippen LogP contribution is 2.28. The maximum atomic E-state index is 6.31. The summed E-state index contributed by atoms with van der Waals surface area (Å²) in [6, 6.07) is 6.39. The number of hydrogen-bond acceptors (Lipinski definition) is 4. The molecule has 2 aliphatic heterocycles. The van der Waals surface area contributed by atoms with Gasteiger partial charge >= 0.3 is 0 Å². The highest BCUT2D eigenvalue weighted by Gasteiger charge is 2.19. The van der Waals surface area contributed by atoms with Gasteiger partial charge in [-0.2, -0.15) is 0 Å². The first-order valence-electron chi connectivity index (χ1n) is 7.16. The number of nitrogens with one attached hydrogen (secondary N) is 1. The number of fused-ring (bicyclic) bond motifs is 1. The van der Waals surface area contributed by atoms with Crippen LogP contribution in [0.4, 0.5) is 0 Å². The van der Waals surface area contributed by atoms with Crippen LogP contribution in [0.2, 0.25) is 0 Å². The van der Waals surface area contributed by atoms with Gasteiger partial charge in [0, 0.05) is 19.1 Å². The van der Waals surface area contributed by atoms with Crippen molar-refractivity contribution >= 4 is 0 Å². The topological polar surface area (TPSA) is 56.5 Å². The van der Waals surface area contributed by atoms with Gasteiger partial charge in [-0.05, 0) is 36.5 Å². The van der Waals surface area contributed by atoms with Gasteiger partial charge in [0.15, 0.2) is 0 Å². The summed E-state index contributed by atoms with van der Waals surface area (Å²) in [5.41, 5.74) is 8.80. The number of morpholine rings is 1. The van der Waals surface area contributed by atoms with Gasteiger partial charge in [-0.3, -0.25) is 0 Å². The second-order valence-corrected chi connectivity index (χ2v) is 5.36. The number of hydrogen-bond donors (Lipinski definition) is 2. The minimum Gasteiger partial charge on any atom is -0.493 e. The minimum atomic E-state index is 0.0390. The smallest absolute Gasteiger partial charge is 0.122 e. The van der Waals surface area contributed by atoms with Crippen LogP contribution in [0.3, 0.4) is 0 Å². The monoisotopic (exact) mass is 262 g/mol. The maximum Gasteiger partial charge on any atom is 0.122 e. The fourth-order valence-corrected chi connectivity index (χ4v) is 2.80. The van der Waals surface area contributed by atoms with Crippen LogP contribution in [0.15, 0.2) is 18.2 Å². The van der Waals surface area contributed by atoms with Gasteiger partial charge in [0.05, 0.1) is 19.3 Å². The number of aryl methyl sites for hydroxylation is 1. The summed E-state index contributed by atoms with van der Waals surface area (Å²) in [5, 5.41) is 3.34. The van der Waals surface area contributed by atoms with Crippen LogP contribution >= 0.6 is 0 Å². The van der Waals surface area contributed by atoms with Gasteiger partial charge in [-0.1, -0.05) is 12.1 Å². The molecule has 2 aliphatic rings. The van der Waals surface area contributed by atoms with Crippen molar-refractivity contribution in [2.24, 2.45) is 5.73 Å². The molecule has 0 aliphatic carbocycles. The van der Waals surface area contributed by atoms with Crippen molar-refractivity contribution in [3.05, 3.63) is 29.3 Å². The molecule has 2 atom stereocenters. The van der Waals surface area contributed by atoms with Crippen LogP contribution in [-0.4, -0.2) is 32.4 Å². The summed E-state index contributed by atoms with van der Waals surface area (Å²) in [4.78, 5) is 0. The lowest BCUT2D eigenvalue weighted by Crippen LogP contribution is -2.40. The van der Waals surface area contributed by atoms with Crippen molar-refractivity contribution in [1.82, 2.24) is 5.32 Å². The predicted octanol–water partition coefficient (Wildman–Crippen LogP) is 1.39. The van der Waals surface area contributed by atoms with Crippen LogP contribution in [0.5, 0.6) is 5.75 Å². The fourth-order valence-electron chi connectivity index (χ4n) is 2.80. The molecule has 2 heterocycles. The summed E-state index contributed by atoms with van der Waals surface area (Å²) in [6.45, 7) is 3.47. The molecule has 0 aromatic heterocycles. The van der Waals surface area contributed by atoms with Crippen molar-refractivity contribution in [2.75, 3.05) is 26.3 Å². The van der Waals surface area contributed by atoms with E-state index in [-0.39, 0.29) is 12.1 Å². The number of rotatable bonds is 3. The van der Waals surface area contributed by atoms with Crippen molar-refractivity contribution in [3.8, 4) is 5.75 Å². The van der Waals surface area contributed by atoms with E-state index in [1.165, 1.54) is 11.1 Å². The molecule has 104 valence electrons. The minimum absolute atomic E-state index is 0.0390. The molecule has 0 amide bonds. The molecule has 1 aromatic rings. The Morgan fingerprint density at radius 2 is 2.32 bits per heavy atom. The Labute approximate surface area is 114 Å². The highest BCUT2D eigenvalue weighted by molar-refractivity contribution is 5.39. The summed E-state index contributed by atoms with van der Waals surface area (Å²) in [6.07, 6.45) is 3.29. The average molecular weight is 262 g/mol. The Balaban J connectivity index is 1.67. The molecule has 1 aromatic carbocycles. The van der Waals surface area contributed by atoms with E-state index >= 15 is 0 Å². The van der Waals surface area contributed by atoms with Crippen molar-refractivity contribution in [2.45, 2.75) is 31.4 Å². The molecule has 1 saturated heterocycles. The lowest BCUT2D eigenvalue weighted by molar-refractivity contribution is 0.0195. The molecule has 0 spiro atoms. The van der Waals surface area contributed by atoms with Crippen LogP contribution in [-0.2, 0) is 11.2 Å². The van der Waals surface area contributed by atoms with E-state index in [0.29, 0.717) is 0 Å². The summed E-state index contributed by atoms with van der Waals surface area (Å²) in [5.74, 6) is 1.03. The van der Waals surface area contributed by atoms with Gasteiger partial charge in [0.2, 0.25) is 0 Å². The van der Waals surface area contributed by atoms with E-state index in [1.807, 2.05) is 0 Å². The summed E-state index contributed by atoms with van der Waals surface area (Å²) >= 11 is 0. The van der Waals surface area contributed by atoms with E-state index in [0.717, 1.165) is 51.3 Å². The molecule has 0 bridgehead atoms. The number of ether oxygens (including phenoxy) is 2. The summed E-state index contributed by atoms with van der Waals surface area (Å²) < 4.78 is 11.3. The SMILES string of the molecule is NC(CC1CNCCO1)c1ccc2c(c1)CCCO2. The Morgan fingerprint density at radius 3 is 3.16 bits per heavy atom. The normalized spacial score (nSPS) is 24.4. The van der Waals surface area contributed by atoms with Gasteiger partial charge < -0.3 is 20.5 Å². The molecule has 2 unspecified atom stereocenters. The fraction of sp³-hybridized carbons (Fsp3) is 0.600. The lowest BCUT2D eigenvalue weighted by Gasteiger charge is -2.27. The van der Waals surface area contributed by atoms with Gasteiger partial charge in [-0.25, -0.2) is 0 Å². The third kappa shape index (κ3) is 3.08. The molecule has 3 rings (SSSR count). The molecule has 1 fully saturated rings. The molecule has 0 saturated carbocycles. The Kier molecular flexibility index (Phi) is 4.01. The van der Waals surface area contributed by atoms with E-state index < -0.39 is 0 Å². The van der Waals surface area contributed by atoms with Crippen LogP contribution < -0.4 is 15.8 Å². The lowest BCUT2D eigenvalue weighted by atomic mass is 9.96. The van der Waals surface area contributed by atoms with Crippen LogP contribution in [0, 0.1) is 0 Å². The molecular weight excluding hydrogens is 240 g/mol. The standard InChI is InChI=1S/C15H22N2O2/c16-14(9-13-10-17-5-7-18-13)11-3-4-15-12(8-11)2-1-6-19-15/h3-4,8,13-14,17H,1-2,5-7,9-10,16H2. The number of benzene rings is 1. The second-order valence-electron chi connectivity index (χ2n) is 5.36. The summed E-state index contributed by atoms with van der Waals surface area (Å²) in [7, 11) is 0. The quantitative estimate of drug-likeness (QED) is 0.864. The Hall–Kier alpha value is -1.10. The second kappa shape index (κ2) is 5.90. The van der Waals surface area contributed by atoms with Gasteiger partial charge in [0.1, 0.15) is 5.75 Å². The maximum absolute atomic E-state index is 6.31. The van der Waals surface area contributed by atoms with Crippen LogP contribution in [0.25, 0.3) is 0 Å². The molecular formula is C15H22N2O2. The molecule has 4 heteroatoms. The zero-order valence-corrected chi connectivity index (χ0v) is 11.2. The third-order valence-corrected chi connectivity index (χ3v) is 3.88. The van der Waals surface area contributed by atoms with Gasteiger partial charge in [0.25, 0.3) is 0 Å². The van der Waals surface area contributed by atoms with E-state index in [4.69, 9.17) is 15.2 Å². The van der Waals surface area contributed by atoms with Crippen LogP contribution in [0.1, 0.15) is 30.0 Å². The van der Waals surface area contributed by atoms with Gasteiger partial charge in [-0.15, -0.1) is 0 Å². The first-order valence-corrected chi connectivity index (χ1v) is 7.16. The molecule has 4 nitrogen and oxygen atoms in total. The molecule has 3 N–H and O–H groups in total. The average Bonchev–Trinajstić information content (AvgIpc) is 2.48.